The Morgan fingerprint density at radius 1 is 1.27 bits per heavy atom. The van der Waals surface area contributed by atoms with Gasteiger partial charge in [0.25, 0.3) is 0 Å². The van der Waals surface area contributed by atoms with E-state index in [2.05, 4.69) is 5.32 Å². The van der Waals surface area contributed by atoms with Gasteiger partial charge in [0, 0.05) is 12.6 Å². The largest absolute Gasteiger partial charge is 0.493 e. The van der Waals surface area contributed by atoms with Gasteiger partial charge in [-0.1, -0.05) is 30.7 Å². The summed E-state index contributed by atoms with van der Waals surface area (Å²) in [7, 11) is 1.54. The second-order valence-electron chi connectivity index (χ2n) is 5.56. The smallest absolute Gasteiger partial charge is 0.244 e. The van der Waals surface area contributed by atoms with Gasteiger partial charge in [-0.2, -0.15) is 0 Å². The third-order valence-electron chi connectivity index (χ3n) is 3.51. The normalized spacial score (nSPS) is 10.8. The van der Waals surface area contributed by atoms with E-state index in [0.29, 0.717) is 35.2 Å². The Morgan fingerprint density at radius 3 is 2.65 bits per heavy atom. The highest BCUT2D eigenvalue weighted by Gasteiger charge is 2.11. The highest BCUT2D eigenvalue weighted by Crippen LogP contribution is 2.36. The van der Waals surface area contributed by atoms with Crippen LogP contribution in [0.3, 0.4) is 0 Å². The molecule has 0 saturated carbocycles. The van der Waals surface area contributed by atoms with Crippen molar-refractivity contribution in [1.82, 2.24) is 5.32 Å². The number of carbonyl (C=O) groups is 1. The first-order chi connectivity index (χ1) is 12.5. The van der Waals surface area contributed by atoms with Crippen molar-refractivity contribution in [1.29, 1.82) is 0 Å². The van der Waals surface area contributed by atoms with Crippen LogP contribution in [0.1, 0.15) is 24.5 Å². The first kappa shape index (κ1) is 19.8. The maximum absolute atomic E-state index is 12.9. The maximum atomic E-state index is 12.9. The molecule has 0 fully saturated rings. The SMILES string of the molecule is CCCOc1c(Cl)cc(/C=C/C(=O)NCc2ccc(F)cc2)cc1OC. The van der Waals surface area contributed by atoms with E-state index in [1.807, 2.05) is 6.92 Å². The monoisotopic (exact) mass is 377 g/mol. The van der Waals surface area contributed by atoms with Gasteiger partial charge in [0.05, 0.1) is 18.7 Å². The van der Waals surface area contributed by atoms with Crippen LogP contribution in [0.5, 0.6) is 11.5 Å². The summed E-state index contributed by atoms with van der Waals surface area (Å²) in [6.07, 6.45) is 3.90. The molecule has 0 unspecified atom stereocenters. The summed E-state index contributed by atoms with van der Waals surface area (Å²) >= 11 is 6.25. The van der Waals surface area contributed by atoms with E-state index in [1.165, 1.54) is 25.3 Å². The number of hydrogen-bond acceptors (Lipinski definition) is 3. The van der Waals surface area contributed by atoms with E-state index in [4.69, 9.17) is 21.1 Å². The first-order valence-electron chi connectivity index (χ1n) is 8.24. The fourth-order valence-corrected chi connectivity index (χ4v) is 2.48. The molecule has 6 heteroatoms. The summed E-state index contributed by atoms with van der Waals surface area (Å²) in [4.78, 5) is 11.9. The van der Waals surface area contributed by atoms with Crippen molar-refractivity contribution in [3.05, 3.63) is 64.4 Å². The van der Waals surface area contributed by atoms with E-state index < -0.39 is 0 Å². The summed E-state index contributed by atoms with van der Waals surface area (Å²) in [6, 6.07) is 9.42. The van der Waals surface area contributed by atoms with Crippen LogP contribution in [0.15, 0.2) is 42.5 Å². The predicted molar refractivity (Wildman–Crippen MR) is 101 cm³/mol. The Bertz CT molecular complexity index is 775. The minimum Gasteiger partial charge on any atom is -0.493 e. The second-order valence-corrected chi connectivity index (χ2v) is 5.97. The number of methoxy groups -OCH3 is 1. The Morgan fingerprint density at radius 2 is 2.00 bits per heavy atom. The Hall–Kier alpha value is -2.53. The van der Waals surface area contributed by atoms with E-state index >= 15 is 0 Å². The van der Waals surface area contributed by atoms with Gasteiger partial charge in [0.15, 0.2) is 11.5 Å². The van der Waals surface area contributed by atoms with Gasteiger partial charge in [0.1, 0.15) is 5.82 Å². The number of hydrogen-bond donors (Lipinski definition) is 1. The highest BCUT2D eigenvalue weighted by molar-refractivity contribution is 6.32. The molecule has 0 saturated heterocycles. The van der Waals surface area contributed by atoms with Crippen molar-refractivity contribution in [3.63, 3.8) is 0 Å². The minimum absolute atomic E-state index is 0.268. The van der Waals surface area contributed by atoms with Crippen LogP contribution in [-0.4, -0.2) is 19.6 Å². The van der Waals surface area contributed by atoms with Crippen molar-refractivity contribution in [2.45, 2.75) is 19.9 Å². The molecule has 0 bridgehead atoms. The van der Waals surface area contributed by atoms with Crippen molar-refractivity contribution in [2.75, 3.05) is 13.7 Å². The van der Waals surface area contributed by atoms with Crippen LogP contribution in [0, 0.1) is 5.82 Å². The molecule has 2 aromatic carbocycles. The van der Waals surface area contributed by atoms with Gasteiger partial charge >= 0.3 is 0 Å². The van der Waals surface area contributed by atoms with Gasteiger partial charge in [-0.25, -0.2) is 4.39 Å². The number of nitrogens with one attached hydrogen (secondary N) is 1. The molecule has 0 radical (unpaired) electrons. The van der Waals surface area contributed by atoms with Gasteiger partial charge in [-0.15, -0.1) is 0 Å². The second kappa shape index (κ2) is 9.82. The average molecular weight is 378 g/mol. The molecule has 1 N–H and O–H groups in total. The molecule has 0 spiro atoms. The van der Waals surface area contributed by atoms with Gasteiger partial charge in [0.2, 0.25) is 5.91 Å². The third-order valence-corrected chi connectivity index (χ3v) is 3.79. The molecule has 138 valence electrons. The molecular formula is C20H21ClFNO3. The summed E-state index contributed by atoms with van der Waals surface area (Å²) in [5.41, 5.74) is 1.53. The lowest BCUT2D eigenvalue weighted by molar-refractivity contribution is -0.116. The molecule has 2 aromatic rings. The topological polar surface area (TPSA) is 47.6 Å². The zero-order valence-corrected chi connectivity index (χ0v) is 15.5. The molecule has 0 atom stereocenters. The zero-order valence-electron chi connectivity index (χ0n) is 14.7. The van der Waals surface area contributed by atoms with Crippen LogP contribution in [0.25, 0.3) is 6.08 Å². The average Bonchev–Trinajstić information content (AvgIpc) is 2.64. The Balaban J connectivity index is 2.01. The Kier molecular flexibility index (Phi) is 7.48. The van der Waals surface area contributed by atoms with Crippen LogP contribution < -0.4 is 14.8 Å². The lowest BCUT2D eigenvalue weighted by Gasteiger charge is -2.12. The molecule has 4 nitrogen and oxygen atoms in total. The summed E-state index contributed by atoms with van der Waals surface area (Å²) in [6.45, 7) is 2.86. The van der Waals surface area contributed by atoms with Crippen molar-refractivity contribution in [3.8, 4) is 11.5 Å². The van der Waals surface area contributed by atoms with Crippen LogP contribution in [0.4, 0.5) is 4.39 Å². The summed E-state index contributed by atoms with van der Waals surface area (Å²) in [5.74, 6) is 0.430. The van der Waals surface area contributed by atoms with Crippen LogP contribution >= 0.6 is 11.6 Å². The van der Waals surface area contributed by atoms with Crippen molar-refractivity contribution < 1.29 is 18.7 Å². The number of carbonyl (C=O) groups excluding carboxylic acids is 1. The number of rotatable bonds is 8. The van der Waals surface area contributed by atoms with E-state index in [-0.39, 0.29) is 11.7 Å². The molecule has 2 rings (SSSR count). The molecule has 1 amide bonds. The molecule has 0 aliphatic heterocycles. The maximum Gasteiger partial charge on any atom is 0.244 e. The van der Waals surface area contributed by atoms with E-state index in [1.54, 1.807) is 30.3 Å². The van der Waals surface area contributed by atoms with Crippen LogP contribution in [0.2, 0.25) is 5.02 Å². The van der Waals surface area contributed by atoms with E-state index in [9.17, 15) is 9.18 Å². The molecule has 0 aliphatic carbocycles. The van der Waals surface area contributed by atoms with Gasteiger partial charge in [-0.05, 0) is 47.9 Å². The fraction of sp³-hybridized carbons (Fsp3) is 0.250. The Labute approximate surface area is 157 Å². The number of amides is 1. The molecule has 0 aromatic heterocycles. The standard InChI is InChI=1S/C20H21ClFNO3/c1-3-10-26-20-17(21)11-15(12-18(20)25-2)6-9-19(24)23-13-14-4-7-16(22)8-5-14/h4-9,11-12H,3,10,13H2,1-2H3,(H,23,24)/b9-6+. The minimum atomic E-state index is -0.308. The number of halogens is 2. The summed E-state index contributed by atoms with van der Waals surface area (Å²) in [5, 5.41) is 3.15. The first-order valence-corrected chi connectivity index (χ1v) is 8.62. The zero-order chi connectivity index (χ0) is 18.9. The predicted octanol–water partition coefficient (Wildman–Crippen LogP) is 4.61. The highest BCUT2D eigenvalue weighted by atomic mass is 35.5. The third kappa shape index (κ3) is 5.77. The van der Waals surface area contributed by atoms with Crippen LogP contribution in [-0.2, 0) is 11.3 Å². The number of ether oxygens (including phenoxy) is 2. The lowest BCUT2D eigenvalue weighted by Crippen LogP contribution is -2.20. The molecule has 0 heterocycles. The molecular weight excluding hydrogens is 357 g/mol. The van der Waals surface area contributed by atoms with Gasteiger partial charge < -0.3 is 14.8 Å². The summed E-state index contributed by atoms with van der Waals surface area (Å²) < 4.78 is 23.8. The van der Waals surface area contributed by atoms with Crippen molar-refractivity contribution >= 4 is 23.6 Å². The van der Waals surface area contributed by atoms with Crippen molar-refractivity contribution in [2.24, 2.45) is 0 Å². The lowest BCUT2D eigenvalue weighted by atomic mass is 10.1. The quantitative estimate of drug-likeness (QED) is 0.683. The van der Waals surface area contributed by atoms with E-state index in [0.717, 1.165) is 12.0 Å². The van der Waals surface area contributed by atoms with Gasteiger partial charge in [-0.3, -0.25) is 4.79 Å². The molecule has 26 heavy (non-hydrogen) atoms. The fourth-order valence-electron chi connectivity index (χ4n) is 2.20. The molecule has 0 aliphatic rings. The number of benzene rings is 2.